The molecule has 0 fully saturated rings. The largest absolute Gasteiger partial charge is 0.354 e. The monoisotopic (exact) mass is 244 g/mol. The molecule has 0 radical (unpaired) electrons. The molecular weight excluding hydrogens is 232 g/mol. The quantitative estimate of drug-likeness (QED) is 0.696. The van der Waals surface area contributed by atoms with E-state index in [0.29, 0.717) is 17.1 Å². The third kappa shape index (κ3) is 1.54. The Morgan fingerprint density at radius 2 is 2.06 bits per heavy atom. The summed E-state index contributed by atoms with van der Waals surface area (Å²) in [6.07, 6.45) is 0. The number of aliphatic imine (C=N–C) groups is 1. The highest BCUT2D eigenvalue weighted by Gasteiger charge is 2.32. The standard InChI is InChI=1S/C12H12N4O2/c1-16-10(17)8-3-2-7(6-9(8)11(16)18)15-12-13-4-5-14-12/h2-3,6H,4-5H2,1H3,(H2,13,14,15). The molecule has 2 heterocycles. The molecule has 6 nitrogen and oxygen atoms in total. The van der Waals surface area contributed by atoms with Gasteiger partial charge in [-0.2, -0.15) is 0 Å². The van der Waals surface area contributed by atoms with Crippen LogP contribution in [0, 0.1) is 0 Å². The van der Waals surface area contributed by atoms with E-state index in [1.165, 1.54) is 7.05 Å². The number of hydrogen-bond acceptors (Lipinski definition) is 5. The van der Waals surface area contributed by atoms with Crippen LogP contribution in [0.15, 0.2) is 23.2 Å². The van der Waals surface area contributed by atoms with Crippen molar-refractivity contribution in [1.29, 1.82) is 0 Å². The van der Waals surface area contributed by atoms with Gasteiger partial charge in [0.2, 0.25) is 0 Å². The number of imide groups is 1. The van der Waals surface area contributed by atoms with Gasteiger partial charge in [-0.3, -0.25) is 19.5 Å². The highest BCUT2D eigenvalue weighted by Crippen LogP contribution is 2.24. The molecule has 0 bridgehead atoms. The number of anilines is 1. The SMILES string of the molecule is CN1C(=O)c2ccc(NC3=NCCN3)cc2C1=O. The summed E-state index contributed by atoms with van der Waals surface area (Å²) < 4.78 is 0. The van der Waals surface area contributed by atoms with E-state index in [-0.39, 0.29) is 11.8 Å². The van der Waals surface area contributed by atoms with Gasteiger partial charge in [0.1, 0.15) is 0 Å². The number of nitrogens with zero attached hydrogens (tertiary/aromatic N) is 2. The van der Waals surface area contributed by atoms with E-state index in [0.717, 1.165) is 23.7 Å². The Morgan fingerprint density at radius 1 is 1.28 bits per heavy atom. The molecule has 6 heteroatoms. The lowest BCUT2D eigenvalue weighted by molar-refractivity contribution is 0.0693. The Labute approximate surface area is 104 Å². The number of carbonyl (C=O) groups excluding carboxylic acids is 2. The van der Waals surface area contributed by atoms with Gasteiger partial charge < -0.3 is 10.6 Å². The van der Waals surface area contributed by atoms with Gasteiger partial charge in [0.05, 0.1) is 17.7 Å². The van der Waals surface area contributed by atoms with Crippen LogP contribution >= 0.6 is 0 Å². The van der Waals surface area contributed by atoms with Crippen molar-refractivity contribution in [2.24, 2.45) is 4.99 Å². The molecule has 92 valence electrons. The van der Waals surface area contributed by atoms with Crippen molar-refractivity contribution in [3.63, 3.8) is 0 Å². The molecular formula is C12H12N4O2. The summed E-state index contributed by atoms with van der Waals surface area (Å²) in [5, 5.41) is 6.16. The first kappa shape index (κ1) is 10.8. The van der Waals surface area contributed by atoms with E-state index in [2.05, 4.69) is 15.6 Å². The van der Waals surface area contributed by atoms with Crippen LogP contribution in [0.3, 0.4) is 0 Å². The Hall–Kier alpha value is -2.37. The van der Waals surface area contributed by atoms with Crippen LogP contribution in [-0.2, 0) is 0 Å². The Bertz CT molecular complexity index is 579. The van der Waals surface area contributed by atoms with Crippen molar-refractivity contribution in [3.8, 4) is 0 Å². The van der Waals surface area contributed by atoms with Crippen LogP contribution in [-0.4, -0.2) is 42.8 Å². The summed E-state index contributed by atoms with van der Waals surface area (Å²) in [7, 11) is 1.49. The fraction of sp³-hybridized carbons (Fsp3) is 0.250. The van der Waals surface area contributed by atoms with E-state index < -0.39 is 0 Å². The zero-order valence-corrected chi connectivity index (χ0v) is 9.86. The van der Waals surface area contributed by atoms with Crippen LogP contribution in [0.4, 0.5) is 5.69 Å². The van der Waals surface area contributed by atoms with E-state index in [9.17, 15) is 9.59 Å². The van der Waals surface area contributed by atoms with E-state index >= 15 is 0 Å². The van der Waals surface area contributed by atoms with Crippen molar-refractivity contribution in [2.75, 3.05) is 25.5 Å². The van der Waals surface area contributed by atoms with Gasteiger partial charge in [0, 0.05) is 19.3 Å². The summed E-state index contributed by atoms with van der Waals surface area (Å²) in [6.45, 7) is 1.56. The van der Waals surface area contributed by atoms with Gasteiger partial charge in [-0.1, -0.05) is 0 Å². The number of amides is 2. The summed E-state index contributed by atoms with van der Waals surface area (Å²) in [5.74, 6) is 0.179. The molecule has 3 rings (SSSR count). The molecule has 1 aromatic carbocycles. The molecule has 18 heavy (non-hydrogen) atoms. The number of hydrogen-bond donors (Lipinski definition) is 2. The number of fused-ring (bicyclic) bond motifs is 1. The maximum absolute atomic E-state index is 11.8. The molecule has 0 aliphatic carbocycles. The van der Waals surface area contributed by atoms with E-state index in [1.807, 2.05) is 0 Å². The average Bonchev–Trinajstić information content (AvgIpc) is 2.95. The molecule has 0 saturated heterocycles. The topological polar surface area (TPSA) is 73.8 Å². The highest BCUT2D eigenvalue weighted by molar-refractivity contribution is 6.21. The molecule has 0 spiro atoms. The van der Waals surface area contributed by atoms with Gasteiger partial charge in [-0.15, -0.1) is 0 Å². The molecule has 1 aromatic rings. The number of benzene rings is 1. The summed E-state index contributed by atoms with van der Waals surface area (Å²) in [6, 6.07) is 5.12. The summed E-state index contributed by atoms with van der Waals surface area (Å²) in [4.78, 5) is 28.9. The minimum absolute atomic E-state index is 0.252. The first-order valence-electron chi connectivity index (χ1n) is 5.68. The first-order valence-corrected chi connectivity index (χ1v) is 5.68. The maximum Gasteiger partial charge on any atom is 0.261 e. The molecule has 0 aromatic heterocycles. The third-order valence-corrected chi connectivity index (χ3v) is 3.03. The lowest BCUT2D eigenvalue weighted by Gasteiger charge is -2.07. The number of nitrogens with one attached hydrogen (secondary N) is 2. The van der Waals surface area contributed by atoms with Gasteiger partial charge in [0.25, 0.3) is 11.8 Å². The fourth-order valence-corrected chi connectivity index (χ4v) is 2.06. The average molecular weight is 244 g/mol. The Balaban J connectivity index is 1.92. The molecule has 0 saturated carbocycles. The van der Waals surface area contributed by atoms with E-state index in [4.69, 9.17) is 0 Å². The van der Waals surface area contributed by atoms with Gasteiger partial charge in [0.15, 0.2) is 5.96 Å². The molecule has 2 amide bonds. The second kappa shape index (κ2) is 3.83. The molecule has 2 aliphatic rings. The fourth-order valence-electron chi connectivity index (χ4n) is 2.06. The molecule has 2 N–H and O–H groups in total. The summed E-state index contributed by atoms with van der Waals surface area (Å²) >= 11 is 0. The Kier molecular flexibility index (Phi) is 2.29. The zero-order valence-electron chi connectivity index (χ0n) is 9.86. The minimum Gasteiger partial charge on any atom is -0.354 e. The summed E-state index contributed by atoms with van der Waals surface area (Å²) in [5.41, 5.74) is 1.64. The molecule has 2 aliphatic heterocycles. The van der Waals surface area contributed by atoms with Crippen LogP contribution in [0.5, 0.6) is 0 Å². The smallest absolute Gasteiger partial charge is 0.261 e. The molecule has 0 unspecified atom stereocenters. The van der Waals surface area contributed by atoms with Crippen LogP contribution in [0.1, 0.15) is 20.7 Å². The van der Waals surface area contributed by atoms with Gasteiger partial charge >= 0.3 is 0 Å². The predicted octanol–water partition coefficient (Wildman–Crippen LogP) is 0.283. The zero-order chi connectivity index (χ0) is 12.7. The second-order valence-corrected chi connectivity index (χ2v) is 4.21. The lowest BCUT2D eigenvalue weighted by Crippen LogP contribution is -2.26. The predicted molar refractivity (Wildman–Crippen MR) is 66.8 cm³/mol. The Morgan fingerprint density at radius 3 is 2.78 bits per heavy atom. The normalized spacial score (nSPS) is 17.6. The first-order chi connectivity index (χ1) is 8.66. The van der Waals surface area contributed by atoms with Crippen LogP contribution in [0.25, 0.3) is 0 Å². The van der Waals surface area contributed by atoms with Crippen molar-refractivity contribution in [3.05, 3.63) is 29.3 Å². The van der Waals surface area contributed by atoms with Crippen molar-refractivity contribution in [1.82, 2.24) is 10.2 Å². The van der Waals surface area contributed by atoms with E-state index in [1.54, 1.807) is 18.2 Å². The maximum atomic E-state index is 11.8. The number of carbonyl (C=O) groups is 2. The van der Waals surface area contributed by atoms with Gasteiger partial charge in [-0.25, -0.2) is 0 Å². The van der Waals surface area contributed by atoms with Crippen molar-refractivity contribution >= 4 is 23.5 Å². The van der Waals surface area contributed by atoms with Gasteiger partial charge in [-0.05, 0) is 18.2 Å². The number of rotatable bonds is 1. The van der Waals surface area contributed by atoms with Crippen LogP contribution in [0.2, 0.25) is 0 Å². The lowest BCUT2D eigenvalue weighted by atomic mass is 10.1. The minimum atomic E-state index is -0.264. The molecule has 0 atom stereocenters. The number of guanidine groups is 1. The van der Waals surface area contributed by atoms with Crippen molar-refractivity contribution < 1.29 is 9.59 Å². The third-order valence-electron chi connectivity index (χ3n) is 3.03. The van der Waals surface area contributed by atoms with Crippen molar-refractivity contribution in [2.45, 2.75) is 0 Å². The highest BCUT2D eigenvalue weighted by atomic mass is 16.2. The van der Waals surface area contributed by atoms with Crippen LogP contribution < -0.4 is 10.6 Å². The second-order valence-electron chi connectivity index (χ2n) is 4.21.